The molecule has 0 radical (unpaired) electrons. The molecule has 1 saturated carbocycles. The lowest BCUT2D eigenvalue weighted by Crippen LogP contribution is -2.45. The molecule has 3 aliphatic rings. The number of hydrogen-bond donors (Lipinski definition) is 1. The number of carbonyl (C=O) groups is 2. The fourth-order valence-electron chi connectivity index (χ4n) is 5.31. The smallest absolute Gasteiger partial charge is 0.243 e. The second-order valence-corrected chi connectivity index (χ2v) is 12.1. The number of sulfonamides is 1. The summed E-state index contributed by atoms with van der Waals surface area (Å²) in [5.74, 6) is 0.00415. The quantitative estimate of drug-likeness (QED) is 0.730. The van der Waals surface area contributed by atoms with Gasteiger partial charge >= 0.3 is 0 Å². The van der Waals surface area contributed by atoms with Crippen molar-refractivity contribution >= 4 is 27.5 Å². The standard InChI is InChI=1S/C24H35N3O4S/c1-17-8-7-13-26(15-17)32(30,31)19-11-12-21-20(14-19)24(2,3)23(29)27(21)16-22(28)25-18-9-5-4-6-10-18/h11-12,14,17-18H,4-10,13,15-16H2,1-3H3,(H,25,28)/t17-/m1/s1. The van der Waals surface area contributed by atoms with Crippen molar-refractivity contribution in [3.05, 3.63) is 23.8 Å². The van der Waals surface area contributed by atoms with Crippen molar-refractivity contribution in [2.24, 2.45) is 5.92 Å². The SMILES string of the molecule is C[C@@H]1CCCN(S(=O)(=O)c2ccc3c(c2)C(C)(C)C(=O)N3CC(=O)NC2CCCCC2)C1. The van der Waals surface area contributed by atoms with E-state index in [-0.39, 0.29) is 29.3 Å². The molecule has 0 spiro atoms. The summed E-state index contributed by atoms with van der Waals surface area (Å²) in [6.45, 7) is 6.68. The molecule has 1 aromatic carbocycles. The van der Waals surface area contributed by atoms with Gasteiger partial charge in [-0.05, 0) is 69.2 Å². The number of piperidine rings is 1. The number of hydrogen-bond acceptors (Lipinski definition) is 4. The average Bonchev–Trinajstić information content (AvgIpc) is 2.95. The molecule has 0 bridgehead atoms. The minimum Gasteiger partial charge on any atom is -0.352 e. The molecule has 4 rings (SSSR count). The summed E-state index contributed by atoms with van der Waals surface area (Å²) in [6, 6.07) is 5.09. The highest BCUT2D eigenvalue weighted by Gasteiger charge is 2.45. The molecule has 2 heterocycles. The molecule has 1 aliphatic carbocycles. The van der Waals surface area contributed by atoms with Gasteiger partial charge in [0.1, 0.15) is 6.54 Å². The van der Waals surface area contributed by atoms with Crippen LogP contribution in [0, 0.1) is 5.92 Å². The van der Waals surface area contributed by atoms with E-state index in [1.165, 1.54) is 11.3 Å². The van der Waals surface area contributed by atoms with Gasteiger partial charge in [0, 0.05) is 24.8 Å². The Morgan fingerprint density at radius 3 is 2.53 bits per heavy atom. The molecule has 1 saturated heterocycles. The molecule has 32 heavy (non-hydrogen) atoms. The Hall–Kier alpha value is -1.93. The maximum atomic E-state index is 13.3. The zero-order valence-corrected chi connectivity index (χ0v) is 20.2. The number of nitrogens with one attached hydrogen (secondary N) is 1. The third-order valence-electron chi connectivity index (χ3n) is 7.24. The molecular weight excluding hydrogens is 426 g/mol. The van der Waals surface area contributed by atoms with E-state index in [0.29, 0.717) is 30.3 Å². The lowest BCUT2D eigenvalue weighted by atomic mass is 9.86. The zero-order valence-electron chi connectivity index (χ0n) is 19.4. The summed E-state index contributed by atoms with van der Waals surface area (Å²) in [5.41, 5.74) is 0.408. The molecular formula is C24H35N3O4S. The van der Waals surface area contributed by atoms with Crippen LogP contribution < -0.4 is 10.2 Å². The maximum absolute atomic E-state index is 13.3. The first-order chi connectivity index (χ1) is 15.1. The van der Waals surface area contributed by atoms with Crippen molar-refractivity contribution in [3.8, 4) is 0 Å². The number of fused-ring (bicyclic) bond motifs is 1. The Morgan fingerprint density at radius 2 is 1.84 bits per heavy atom. The van der Waals surface area contributed by atoms with Gasteiger partial charge < -0.3 is 10.2 Å². The van der Waals surface area contributed by atoms with Crippen LogP contribution in [0.3, 0.4) is 0 Å². The molecule has 176 valence electrons. The van der Waals surface area contributed by atoms with Gasteiger partial charge in [0.2, 0.25) is 21.8 Å². The van der Waals surface area contributed by atoms with Crippen LogP contribution in [0.2, 0.25) is 0 Å². The maximum Gasteiger partial charge on any atom is 0.243 e. The summed E-state index contributed by atoms with van der Waals surface area (Å²) in [7, 11) is -3.62. The van der Waals surface area contributed by atoms with Crippen molar-refractivity contribution in [1.29, 1.82) is 0 Å². The van der Waals surface area contributed by atoms with E-state index < -0.39 is 15.4 Å². The third kappa shape index (κ3) is 4.31. The predicted octanol–water partition coefficient (Wildman–Crippen LogP) is 3.18. The van der Waals surface area contributed by atoms with Gasteiger partial charge in [-0.3, -0.25) is 9.59 Å². The van der Waals surface area contributed by atoms with Crippen LogP contribution in [0.25, 0.3) is 0 Å². The normalized spacial score (nSPS) is 24.4. The first-order valence-corrected chi connectivity index (χ1v) is 13.3. The van der Waals surface area contributed by atoms with Crippen molar-refractivity contribution in [2.75, 3.05) is 24.5 Å². The molecule has 1 N–H and O–H groups in total. The van der Waals surface area contributed by atoms with Crippen LogP contribution in [-0.2, 0) is 25.0 Å². The van der Waals surface area contributed by atoms with Crippen LogP contribution in [0.4, 0.5) is 5.69 Å². The fourth-order valence-corrected chi connectivity index (χ4v) is 6.93. The van der Waals surface area contributed by atoms with Gasteiger partial charge in [-0.2, -0.15) is 4.31 Å². The highest BCUT2D eigenvalue weighted by molar-refractivity contribution is 7.89. The van der Waals surface area contributed by atoms with Crippen molar-refractivity contribution in [1.82, 2.24) is 9.62 Å². The molecule has 2 fully saturated rings. The van der Waals surface area contributed by atoms with E-state index in [4.69, 9.17) is 0 Å². The third-order valence-corrected chi connectivity index (χ3v) is 9.10. The largest absolute Gasteiger partial charge is 0.352 e. The highest BCUT2D eigenvalue weighted by atomic mass is 32.2. The average molecular weight is 462 g/mol. The van der Waals surface area contributed by atoms with Crippen molar-refractivity contribution < 1.29 is 18.0 Å². The second kappa shape index (κ2) is 8.78. The van der Waals surface area contributed by atoms with Gasteiger partial charge in [0.05, 0.1) is 10.3 Å². The first kappa shape index (κ1) is 23.2. The molecule has 7 nitrogen and oxygen atoms in total. The molecule has 1 aromatic rings. The zero-order chi connectivity index (χ0) is 23.1. The Bertz CT molecular complexity index is 998. The minimum atomic E-state index is -3.62. The molecule has 8 heteroatoms. The van der Waals surface area contributed by atoms with Gasteiger partial charge in [0.15, 0.2) is 0 Å². The highest BCUT2D eigenvalue weighted by Crippen LogP contribution is 2.43. The first-order valence-electron chi connectivity index (χ1n) is 11.9. The summed E-state index contributed by atoms with van der Waals surface area (Å²) >= 11 is 0. The van der Waals surface area contributed by atoms with Gasteiger partial charge in [-0.1, -0.05) is 26.2 Å². The molecule has 0 unspecified atom stereocenters. The van der Waals surface area contributed by atoms with E-state index in [2.05, 4.69) is 12.2 Å². The summed E-state index contributed by atoms with van der Waals surface area (Å²) in [6.07, 6.45) is 7.32. The monoisotopic (exact) mass is 461 g/mol. The Kier molecular flexibility index (Phi) is 6.38. The number of benzene rings is 1. The van der Waals surface area contributed by atoms with Gasteiger partial charge in [-0.25, -0.2) is 8.42 Å². The number of anilines is 1. The van der Waals surface area contributed by atoms with E-state index in [1.807, 2.05) is 0 Å². The number of nitrogens with zero attached hydrogens (tertiary/aromatic N) is 2. The summed E-state index contributed by atoms with van der Waals surface area (Å²) in [4.78, 5) is 27.6. The number of carbonyl (C=O) groups excluding carboxylic acids is 2. The second-order valence-electron chi connectivity index (χ2n) is 10.2. The fraction of sp³-hybridized carbons (Fsp3) is 0.667. The van der Waals surface area contributed by atoms with Crippen LogP contribution in [0.1, 0.15) is 71.3 Å². The lowest BCUT2D eigenvalue weighted by molar-refractivity contribution is -0.126. The Morgan fingerprint density at radius 1 is 1.12 bits per heavy atom. The van der Waals surface area contributed by atoms with E-state index >= 15 is 0 Å². The number of rotatable bonds is 5. The van der Waals surface area contributed by atoms with E-state index in [9.17, 15) is 18.0 Å². The van der Waals surface area contributed by atoms with Gasteiger partial charge in [0.25, 0.3) is 0 Å². The summed E-state index contributed by atoms with van der Waals surface area (Å²) < 4.78 is 28.1. The molecule has 2 amide bonds. The molecule has 1 atom stereocenters. The van der Waals surface area contributed by atoms with E-state index in [1.54, 1.807) is 36.4 Å². The Balaban J connectivity index is 1.57. The Labute approximate surface area is 191 Å². The van der Waals surface area contributed by atoms with Gasteiger partial charge in [-0.15, -0.1) is 0 Å². The molecule has 0 aromatic heterocycles. The molecule has 2 aliphatic heterocycles. The van der Waals surface area contributed by atoms with Crippen molar-refractivity contribution in [2.45, 2.75) is 82.1 Å². The lowest BCUT2D eigenvalue weighted by Gasteiger charge is -2.30. The summed E-state index contributed by atoms with van der Waals surface area (Å²) in [5, 5.41) is 3.07. The topological polar surface area (TPSA) is 86.8 Å². The van der Waals surface area contributed by atoms with E-state index in [0.717, 1.165) is 38.5 Å². The van der Waals surface area contributed by atoms with Crippen molar-refractivity contribution in [3.63, 3.8) is 0 Å². The minimum absolute atomic E-state index is 0.0402. The number of amides is 2. The van der Waals surface area contributed by atoms with Crippen LogP contribution in [-0.4, -0.2) is 50.2 Å². The van der Waals surface area contributed by atoms with Crippen LogP contribution in [0.5, 0.6) is 0 Å². The predicted molar refractivity (Wildman–Crippen MR) is 124 cm³/mol. The van der Waals surface area contributed by atoms with Crippen LogP contribution >= 0.6 is 0 Å². The van der Waals surface area contributed by atoms with Crippen LogP contribution in [0.15, 0.2) is 23.1 Å².